The van der Waals surface area contributed by atoms with Crippen molar-refractivity contribution in [3.8, 4) is 0 Å². The van der Waals surface area contributed by atoms with Gasteiger partial charge in [-0.3, -0.25) is 0 Å². The maximum absolute atomic E-state index is 10.5. The van der Waals surface area contributed by atoms with Crippen LogP contribution in [0.4, 0.5) is 0 Å². The Kier molecular flexibility index (Phi) is 4.23. The van der Waals surface area contributed by atoms with Gasteiger partial charge in [0.25, 0.3) is 0 Å². The summed E-state index contributed by atoms with van der Waals surface area (Å²) in [6, 6.07) is 0. The number of ether oxygens (including phenoxy) is 2. The topological polar surface area (TPSA) is 136 Å². The lowest BCUT2D eigenvalue weighted by atomic mass is 10.00. The van der Waals surface area contributed by atoms with Crippen LogP contribution in [0, 0.1) is 0 Å². The van der Waals surface area contributed by atoms with Gasteiger partial charge in [0.1, 0.15) is 24.4 Å². The molecule has 1 aliphatic heterocycles. The average molecular weight is 257 g/mol. The van der Waals surface area contributed by atoms with Gasteiger partial charge in [0.05, 0.1) is 15.9 Å². The quantitative estimate of drug-likeness (QED) is 0.454. The fourth-order valence-corrected chi connectivity index (χ4v) is 2.22. The summed E-state index contributed by atoms with van der Waals surface area (Å²) < 4.78 is 41.0. The van der Waals surface area contributed by atoms with E-state index in [0.717, 1.165) is 7.11 Å². The third-order valence-electron chi connectivity index (χ3n) is 2.30. The predicted molar refractivity (Wildman–Crippen MR) is 48.3 cm³/mol. The molecule has 0 aliphatic carbocycles. The lowest BCUT2D eigenvalue weighted by Crippen LogP contribution is -2.59. The van der Waals surface area contributed by atoms with Crippen LogP contribution in [0.5, 0.6) is 0 Å². The van der Waals surface area contributed by atoms with Gasteiger partial charge < -0.3 is 29.3 Å². The summed E-state index contributed by atoms with van der Waals surface area (Å²) in [7, 11) is -3.43. The van der Waals surface area contributed by atoms with Crippen LogP contribution in [0.15, 0.2) is 0 Å². The summed E-state index contributed by atoms with van der Waals surface area (Å²) in [4.78, 5) is 0. The zero-order valence-electron chi connectivity index (χ0n) is 8.38. The Hall–Kier alpha value is -0.290. The van der Waals surface area contributed by atoms with Gasteiger partial charge in [0, 0.05) is 7.11 Å². The van der Waals surface area contributed by atoms with E-state index in [1.54, 1.807) is 0 Å². The Morgan fingerprint density at radius 1 is 1.31 bits per heavy atom. The van der Waals surface area contributed by atoms with Crippen LogP contribution in [-0.2, 0) is 19.6 Å². The third-order valence-corrected chi connectivity index (χ3v) is 3.04. The molecule has 0 radical (unpaired) electrons. The van der Waals surface area contributed by atoms with Gasteiger partial charge in [-0.05, 0) is 0 Å². The molecule has 16 heavy (non-hydrogen) atoms. The first-order valence-electron chi connectivity index (χ1n) is 4.42. The van der Waals surface area contributed by atoms with Crippen molar-refractivity contribution in [3.63, 3.8) is 0 Å². The molecule has 96 valence electrons. The summed E-state index contributed by atoms with van der Waals surface area (Å²) >= 11 is 0. The number of methoxy groups -OCH3 is 1. The molecule has 0 aromatic rings. The first-order chi connectivity index (χ1) is 7.26. The SMILES string of the molecule is CO[C@@H]1[C@H](O)[C@@H](O)[C@H](O)O[C@@H]1CS(=O)(=O)[O-]. The maximum Gasteiger partial charge on any atom is 0.183 e. The molecule has 0 saturated carbocycles. The summed E-state index contributed by atoms with van der Waals surface area (Å²) in [6.07, 6.45) is -7.41. The van der Waals surface area contributed by atoms with Crippen molar-refractivity contribution >= 4 is 10.1 Å². The highest BCUT2D eigenvalue weighted by Crippen LogP contribution is 2.22. The zero-order chi connectivity index (χ0) is 12.5. The van der Waals surface area contributed by atoms with E-state index in [1.165, 1.54) is 0 Å². The molecule has 3 N–H and O–H groups in total. The second-order valence-electron chi connectivity index (χ2n) is 3.47. The number of hydrogen-bond donors (Lipinski definition) is 3. The number of rotatable bonds is 3. The maximum atomic E-state index is 10.5. The molecule has 9 heteroatoms. The second kappa shape index (κ2) is 4.92. The second-order valence-corrected chi connectivity index (χ2v) is 4.92. The largest absolute Gasteiger partial charge is 0.748 e. The molecule has 5 atom stereocenters. The van der Waals surface area contributed by atoms with Crippen LogP contribution in [0.3, 0.4) is 0 Å². The van der Waals surface area contributed by atoms with E-state index in [4.69, 9.17) is 9.84 Å². The average Bonchev–Trinajstić information content (AvgIpc) is 2.12. The van der Waals surface area contributed by atoms with Crippen LogP contribution in [-0.4, -0.2) is 71.9 Å². The highest BCUT2D eigenvalue weighted by molar-refractivity contribution is 7.85. The molecular formula is C7H13O8S-. The summed E-state index contributed by atoms with van der Waals surface area (Å²) in [5.74, 6) is -0.952. The standard InChI is InChI=1S/C7H14O8S/c1-14-6-3(2-16(11,12)13)15-7(10)5(9)4(6)8/h3-10H,2H2,1H3,(H,11,12,13)/p-1/t3-,4-,5-,6+,7-/m1/s1. The van der Waals surface area contributed by atoms with Crippen LogP contribution in [0.2, 0.25) is 0 Å². The van der Waals surface area contributed by atoms with Gasteiger partial charge in [0.2, 0.25) is 0 Å². The van der Waals surface area contributed by atoms with Crippen molar-refractivity contribution in [2.75, 3.05) is 12.9 Å². The first kappa shape index (κ1) is 13.8. The molecule has 1 heterocycles. The Bertz CT molecular complexity index is 327. The molecule has 1 fully saturated rings. The third kappa shape index (κ3) is 3.10. The van der Waals surface area contributed by atoms with Crippen molar-refractivity contribution in [3.05, 3.63) is 0 Å². The van der Waals surface area contributed by atoms with Crippen molar-refractivity contribution in [1.29, 1.82) is 0 Å². The lowest BCUT2D eigenvalue weighted by molar-refractivity contribution is -0.281. The molecule has 0 aromatic heterocycles. The highest BCUT2D eigenvalue weighted by Gasteiger charge is 2.44. The van der Waals surface area contributed by atoms with E-state index >= 15 is 0 Å². The first-order valence-corrected chi connectivity index (χ1v) is 6.00. The molecule has 0 amide bonds. The molecule has 1 saturated heterocycles. The Morgan fingerprint density at radius 3 is 2.31 bits per heavy atom. The molecule has 0 unspecified atom stereocenters. The lowest BCUT2D eigenvalue weighted by Gasteiger charge is -2.40. The van der Waals surface area contributed by atoms with E-state index in [9.17, 15) is 23.2 Å². The van der Waals surface area contributed by atoms with E-state index in [0.29, 0.717) is 0 Å². The zero-order valence-corrected chi connectivity index (χ0v) is 9.20. The minimum absolute atomic E-state index is 0.952. The molecule has 1 rings (SSSR count). The minimum Gasteiger partial charge on any atom is -0.748 e. The van der Waals surface area contributed by atoms with Gasteiger partial charge in [-0.25, -0.2) is 8.42 Å². The minimum atomic E-state index is -4.59. The van der Waals surface area contributed by atoms with Gasteiger partial charge in [-0.2, -0.15) is 0 Å². The smallest absolute Gasteiger partial charge is 0.183 e. The van der Waals surface area contributed by atoms with E-state index in [-0.39, 0.29) is 0 Å². The van der Waals surface area contributed by atoms with Crippen LogP contribution in [0.25, 0.3) is 0 Å². The number of aliphatic hydroxyl groups excluding tert-OH is 3. The predicted octanol–water partition coefficient (Wildman–Crippen LogP) is -3.01. The van der Waals surface area contributed by atoms with Crippen molar-refractivity contribution in [2.45, 2.75) is 30.7 Å². The number of hydrogen-bond acceptors (Lipinski definition) is 8. The van der Waals surface area contributed by atoms with Crippen LogP contribution >= 0.6 is 0 Å². The molecule has 0 bridgehead atoms. The summed E-state index contributed by atoms with van der Waals surface area (Å²) in [6.45, 7) is 0. The normalized spacial score (nSPS) is 40.9. The fraction of sp³-hybridized carbons (Fsp3) is 1.00. The van der Waals surface area contributed by atoms with Gasteiger partial charge in [-0.1, -0.05) is 0 Å². The monoisotopic (exact) mass is 257 g/mol. The molecule has 1 aliphatic rings. The summed E-state index contributed by atoms with van der Waals surface area (Å²) in [5, 5.41) is 27.8. The Labute approximate surface area is 92.2 Å². The van der Waals surface area contributed by atoms with Gasteiger partial charge in [-0.15, -0.1) is 0 Å². The number of aliphatic hydroxyl groups is 3. The van der Waals surface area contributed by atoms with E-state index in [1.807, 2.05) is 0 Å². The fourth-order valence-electron chi connectivity index (χ4n) is 1.55. The van der Waals surface area contributed by atoms with Crippen molar-refractivity contribution < 1.29 is 37.8 Å². The molecule has 0 spiro atoms. The Balaban J connectivity index is 2.83. The summed E-state index contributed by atoms with van der Waals surface area (Å²) in [5.41, 5.74) is 0. The van der Waals surface area contributed by atoms with Crippen LogP contribution < -0.4 is 0 Å². The van der Waals surface area contributed by atoms with Gasteiger partial charge >= 0.3 is 0 Å². The molecule has 8 nitrogen and oxygen atoms in total. The molecular weight excluding hydrogens is 244 g/mol. The van der Waals surface area contributed by atoms with Gasteiger partial charge in [0.15, 0.2) is 6.29 Å². The van der Waals surface area contributed by atoms with E-state index in [2.05, 4.69) is 4.74 Å². The Morgan fingerprint density at radius 2 is 1.88 bits per heavy atom. The van der Waals surface area contributed by atoms with Crippen molar-refractivity contribution in [2.24, 2.45) is 0 Å². The van der Waals surface area contributed by atoms with Crippen molar-refractivity contribution in [1.82, 2.24) is 0 Å². The highest BCUT2D eigenvalue weighted by atomic mass is 32.2. The van der Waals surface area contributed by atoms with Crippen LogP contribution in [0.1, 0.15) is 0 Å². The van der Waals surface area contributed by atoms with E-state index < -0.39 is 46.6 Å². The molecule has 0 aromatic carbocycles.